The number of para-hydroxylation sites is 2. The minimum atomic E-state index is -3.89. The third-order valence-corrected chi connectivity index (χ3v) is 6.95. The molecule has 0 radical (unpaired) electrons. The lowest BCUT2D eigenvalue weighted by Crippen LogP contribution is -2.48. The molecule has 1 saturated heterocycles. The maximum absolute atomic E-state index is 13.2. The molecular formula is C21H25ClN2O5S. The molecular weight excluding hydrogens is 428 g/mol. The third kappa shape index (κ3) is 4.95. The Kier molecular flexibility index (Phi) is 7.02. The summed E-state index contributed by atoms with van der Waals surface area (Å²) in [7, 11) is -3.89. The summed E-state index contributed by atoms with van der Waals surface area (Å²) < 4.78 is 38.9. The molecule has 30 heavy (non-hydrogen) atoms. The molecule has 0 spiro atoms. The molecule has 0 bridgehead atoms. The molecule has 1 aliphatic rings. The van der Waals surface area contributed by atoms with Crippen LogP contribution in [0.1, 0.15) is 31.1 Å². The lowest BCUT2D eigenvalue weighted by atomic mass is 10.2. The maximum Gasteiger partial charge on any atom is 0.255 e. The van der Waals surface area contributed by atoms with Crippen molar-refractivity contribution in [2.75, 3.05) is 25.0 Å². The van der Waals surface area contributed by atoms with Crippen LogP contribution in [0.2, 0.25) is 5.02 Å². The van der Waals surface area contributed by atoms with E-state index in [0.717, 1.165) is 0 Å². The van der Waals surface area contributed by atoms with Gasteiger partial charge in [-0.25, -0.2) is 8.42 Å². The van der Waals surface area contributed by atoms with Gasteiger partial charge in [0.25, 0.3) is 5.91 Å². The molecule has 2 unspecified atom stereocenters. The number of ether oxygens (including phenoxy) is 2. The van der Waals surface area contributed by atoms with Crippen LogP contribution in [0.4, 0.5) is 5.69 Å². The van der Waals surface area contributed by atoms with Gasteiger partial charge in [-0.3, -0.25) is 4.79 Å². The highest BCUT2D eigenvalue weighted by molar-refractivity contribution is 7.89. The summed E-state index contributed by atoms with van der Waals surface area (Å²) in [6, 6.07) is 11.3. The van der Waals surface area contributed by atoms with E-state index in [1.54, 1.807) is 24.3 Å². The molecule has 1 fully saturated rings. The summed E-state index contributed by atoms with van der Waals surface area (Å²) >= 11 is 6.22. The van der Waals surface area contributed by atoms with Gasteiger partial charge in [-0.15, -0.1) is 0 Å². The number of benzene rings is 2. The average molecular weight is 453 g/mol. The molecule has 1 heterocycles. The Morgan fingerprint density at radius 1 is 1.20 bits per heavy atom. The van der Waals surface area contributed by atoms with Crippen LogP contribution in [0.15, 0.2) is 47.4 Å². The van der Waals surface area contributed by atoms with Crippen LogP contribution in [0.5, 0.6) is 5.75 Å². The van der Waals surface area contributed by atoms with Crippen molar-refractivity contribution in [1.82, 2.24) is 4.31 Å². The van der Waals surface area contributed by atoms with Gasteiger partial charge in [-0.05, 0) is 51.1 Å². The van der Waals surface area contributed by atoms with Gasteiger partial charge in [0.15, 0.2) is 0 Å². The molecule has 0 aromatic heterocycles. The number of sulfonamides is 1. The Morgan fingerprint density at radius 3 is 2.53 bits per heavy atom. The number of morpholine rings is 1. The zero-order valence-electron chi connectivity index (χ0n) is 17.1. The maximum atomic E-state index is 13.2. The van der Waals surface area contributed by atoms with E-state index in [-0.39, 0.29) is 40.8 Å². The van der Waals surface area contributed by atoms with Crippen molar-refractivity contribution in [2.45, 2.75) is 37.9 Å². The normalized spacial score (nSPS) is 20.0. The summed E-state index contributed by atoms with van der Waals surface area (Å²) in [6.07, 6.45) is -0.465. The molecule has 0 aliphatic carbocycles. The first-order valence-electron chi connectivity index (χ1n) is 9.70. The molecule has 2 atom stereocenters. The second-order valence-electron chi connectivity index (χ2n) is 7.11. The molecule has 3 rings (SSSR count). The first-order chi connectivity index (χ1) is 14.2. The van der Waals surface area contributed by atoms with Gasteiger partial charge in [-0.2, -0.15) is 4.31 Å². The summed E-state index contributed by atoms with van der Waals surface area (Å²) in [5, 5.41) is 2.83. The van der Waals surface area contributed by atoms with E-state index in [2.05, 4.69) is 5.32 Å². The van der Waals surface area contributed by atoms with Gasteiger partial charge in [-0.1, -0.05) is 23.7 Å². The number of hydrogen-bond donors (Lipinski definition) is 1. The van der Waals surface area contributed by atoms with Crippen LogP contribution in [0, 0.1) is 0 Å². The van der Waals surface area contributed by atoms with Crippen molar-refractivity contribution >= 4 is 33.2 Å². The summed E-state index contributed by atoms with van der Waals surface area (Å²) in [5.41, 5.74) is 0.679. The number of halogens is 1. The first-order valence-corrected chi connectivity index (χ1v) is 11.5. The minimum Gasteiger partial charge on any atom is -0.492 e. The predicted molar refractivity (Wildman–Crippen MR) is 116 cm³/mol. The van der Waals surface area contributed by atoms with Crippen molar-refractivity contribution in [2.24, 2.45) is 0 Å². The van der Waals surface area contributed by atoms with Crippen molar-refractivity contribution in [3.63, 3.8) is 0 Å². The quantitative estimate of drug-likeness (QED) is 0.720. The number of nitrogens with one attached hydrogen (secondary N) is 1. The zero-order chi connectivity index (χ0) is 21.9. The lowest BCUT2D eigenvalue weighted by molar-refractivity contribution is -0.0440. The van der Waals surface area contributed by atoms with Crippen LogP contribution in [-0.2, 0) is 14.8 Å². The van der Waals surface area contributed by atoms with E-state index in [1.807, 2.05) is 20.8 Å². The van der Waals surface area contributed by atoms with Crippen LogP contribution < -0.4 is 10.1 Å². The number of hydrogen-bond acceptors (Lipinski definition) is 5. The predicted octanol–water partition coefficient (Wildman–Crippen LogP) is 3.79. The Hall–Kier alpha value is -2.13. The number of carbonyl (C=O) groups is 1. The van der Waals surface area contributed by atoms with E-state index in [9.17, 15) is 13.2 Å². The smallest absolute Gasteiger partial charge is 0.255 e. The number of carbonyl (C=O) groups excluding carboxylic acids is 1. The monoisotopic (exact) mass is 452 g/mol. The molecule has 7 nitrogen and oxygen atoms in total. The molecule has 2 aromatic rings. The molecule has 1 N–H and O–H groups in total. The van der Waals surface area contributed by atoms with Gasteiger partial charge in [0.05, 0.1) is 29.5 Å². The largest absolute Gasteiger partial charge is 0.492 e. The summed E-state index contributed by atoms with van der Waals surface area (Å²) in [6.45, 7) is 6.39. The fourth-order valence-electron chi connectivity index (χ4n) is 3.35. The van der Waals surface area contributed by atoms with Gasteiger partial charge in [0.1, 0.15) is 10.6 Å². The van der Waals surface area contributed by atoms with Crippen molar-refractivity contribution < 1.29 is 22.7 Å². The molecule has 1 amide bonds. The zero-order valence-corrected chi connectivity index (χ0v) is 18.7. The van der Waals surface area contributed by atoms with E-state index in [0.29, 0.717) is 18.0 Å². The second-order valence-corrected chi connectivity index (χ2v) is 9.42. The highest BCUT2D eigenvalue weighted by atomic mass is 35.5. The number of rotatable bonds is 6. The van der Waals surface area contributed by atoms with Crippen LogP contribution in [-0.4, -0.2) is 50.5 Å². The van der Waals surface area contributed by atoms with E-state index < -0.39 is 15.9 Å². The Bertz CT molecular complexity index is 1020. The molecule has 162 valence electrons. The minimum absolute atomic E-state index is 0.0630. The fourth-order valence-corrected chi connectivity index (χ4v) is 5.45. The SMILES string of the molecule is CCOc1ccccc1NC(=O)c1ccc(Cl)c(S(=O)(=O)N2CC(C)OC(C)C2)c1. The fraction of sp³-hybridized carbons (Fsp3) is 0.381. The van der Waals surface area contributed by atoms with Crippen molar-refractivity contribution in [1.29, 1.82) is 0 Å². The van der Waals surface area contributed by atoms with Crippen LogP contribution >= 0.6 is 11.6 Å². The van der Waals surface area contributed by atoms with Gasteiger partial charge in [0, 0.05) is 18.7 Å². The van der Waals surface area contributed by atoms with E-state index in [1.165, 1.54) is 22.5 Å². The first kappa shape index (κ1) is 22.6. The van der Waals surface area contributed by atoms with Gasteiger partial charge >= 0.3 is 0 Å². The third-order valence-electron chi connectivity index (χ3n) is 4.63. The van der Waals surface area contributed by atoms with Crippen molar-refractivity contribution in [3.8, 4) is 5.75 Å². The molecule has 0 saturated carbocycles. The molecule has 1 aliphatic heterocycles. The van der Waals surface area contributed by atoms with E-state index >= 15 is 0 Å². The summed E-state index contributed by atoms with van der Waals surface area (Å²) in [4.78, 5) is 12.7. The average Bonchev–Trinajstić information content (AvgIpc) is 2.69. The Balaban J connectivity index is 1.89. The van der Waals surface area contributed by atoms with Crippen molar-refractivity contribution in [3.05, 3.63) is 53.1 Å². The Morgan fingerprint density at radius 2 is 1.87 bits per heavy atom. The number of anilines is 1. The standard InChI is InChI=1S/C21H25ClN2O5S/c1-4-28-19-8-6-5-7-18(19)23-21(25)16-9-10-17(22)20(11-16)30(26,27)24-12-14(2)29-15(3)13-24/h5-11,14-15H,4,12-13H2,1-3H3,(H,23,25). The number of amides is 1. The Labute approximate surface area is 182 Å². The highest BCUT2D eigenvalue weighted by Gasteiger charge is 2.33. The molecule has 9 heteroatoms. The topological polar surface area (TPSA) is 84.9 Å². The molecule has 2 aromatic carbocycles. The van der Waals surface area contributed by atoms with E-state index in [4.69, 9.17) is 21.1 Å². The van der Waals surface area contributed by atoms with Gasteiger partial charge in [0.2, 0.25) is 10.0 Å². The van der Waals surface area contributed by atoms with Gasteiger partial charge < -0.3 is 14.8 Å². The highest BCUT2D eigenvalue weighted by Crippen LogP contribution is 2.29. The van der Waals surface area contributed by atoms with Crippen LogP contribution in [0.3, 0.4) is 0 Å². The van der Waals surface area contributed by atoms with Crippen LogP contribution in [0.25, 0.3) is 0 Å². The lowest BCUT2D eigenvalue weighted by Gasteiger charge is -2.34. The second kappa shape index (κ2) is 9.34. The summed E-state index contributed by atoms with van der Waals surface area (Å²) in [5.74, 6) is 0.0745. The number of nitrogens with zero attached hydrogens (tertiary/aromatic N) is 1.